The molecule has 0 bridgehead atoms. The van der Waals surface area contributed by atoms with Crippen LogP contribution >= 0.6 is 0 Å². The van der Waals surface area contributed by atoms with Crippen molar-refractivity contribution in [2.24, 2.45) is 5.92 Å². The first-order chi connectivity index (χ1) is 9.56. The van der Waals surface area contributed by atoms with Crippen LogP contribution in [0.2, 0.25) is 0 Å². The van der Waals surface area contributed by atoms with Gasteiger partial charge in [0.15, 0.2) is 0 Å². The van der Waals surface area contributed by atoms with E-state index in [1.807, 2.05) is 11.9 Å². The molecular weight excluding hydrogens is 260 g/mol. The second kappa shape index (κ2) is 6.78. The largest absolute Gasteiger partial charge is 0.387 e. The molecule has 6 nitrogen and oxygen atoms in total. The Morgan fingerprint density at radius 2 is 2.40 bits per heavy atom. The normalized spacial score (nSPS) is 20.2. The first-order valence-electron chi connectivity index (χ1n) is 6.75. The molecule has 0 aromatic heterocycles. The van der Waals surface area contributed by atoms with Crippen molar-refractivity contribution in [3.8, 4) is 0 Å². The molecule has 20 heavy (non-hydrogen) atoms. The number of hydrogen-bond acceptors (Lipinski definition) is 5. The number of benzene rings is 1. The number of nitro benzene ring substituents is 1. The van der Waals surface area contributed by atoms with E-state index in [9.17, 15) is 15.2 Å². The minimum atomic E-state index is -0.720. The lowest BCUT2D eigenvalue weighted by Gasteiger charge is -2.23. The molecule has 6 heteroatoms. The molecule has 2 atom stereocenters. The second-order valence-corrected chi connectivity index (χ2v) is 5.32. The van der Waals surface area contributed by atoms with Gasteiger partial charge in [0.05, 0.1) is 17.6 Å². The van der Waals surface area contributed by atoms with Crippen LogP contribution in [0.15, 0.2) is 24.3 Å². The Hall–Kier alpha value is -1.50. The highest BCUT2D eigenvalue weighted by Crippen LogP contribution is 2.21. The lowest BCUT2D eigenvalue weighted by atomic mass is 10.1. The number of rotatable bonds is 6. The number of hydrogen-bond donors (Lipinski definition) is 1. The highest BCUT2D eigenvalue weighted by molar-refractivity contribution is 5.35. The Morgan fingerprint density at radius 1 is 1.60 bits per heavy atom. The molecule has 0 radical (unpaired) electrons. The SMILES string of the molecule is CN(CC1CCOC1)CC(O)c1cccc([N+](=O)[O-])c1. The maximum atomic E-state index is 10.7. The van der Waals surface area contributed by atoms with Gasteiger partial charge in [-0.2, -0.15) is 0 Å². The van der Waals surface area contributed by atoms with Gasteiger partial charge in [-0.25, -0.2) is 0 Å². The Balaban J connectivity index is 1.91. The standard InChI is InChI=1S/C14H20N2O4/c1-15(8-11-5-6-20-10-11)9-14(17)12-3-2-4-13(7-12)16(18)19/h2-4,7,11,14,17H,5-6,8-10H2,1H3. The summed E-state index contributed by atoms with van der Waals surface area (Å²) in [6, 6.07) is 6.17. The third kappa shape index (κ3) is 4.00. The summed E-state index contributed by atoms with van der Waals surface area (Å²) in [6.45, 7) is 2.91. The third-order valence-electron chi connectivity index (χ3n) is 3.54. The van der Waals surface area contributed by atoms with Gasteiger partial charge in [-0.05, 0) is 24.9 Å². The summed E-state index contributed by atoms with van der Waals surface area (Å²) in [5, 5.41) is 20.9. The number of nitrogens with zero attached hydrogens (tertiary/aromatic N) is 2. The number of nitro groups is 1. The van der Waals surface area contributed by atoms with Crippen LogP contribution in [0.25, 0.3) is 0 Å². The van der Waals surface area contributed by atoms with E-state index in [1.165, 1.54) is 12.1 Å². The van der Waals surface area contributed by atoms with E-state index >= 15 is 0 Å². The summed E-state index contributed by atoms with van der Waals surface area (Å²) in [7, 11) is 1.94. The Morgan fingerprint density at radius 3 is 3.05 bits per heavy atom. The van der Waals surface area contributed by atoms with Crippen molar-refractivity contribution < 1.29 is 14.8 Å². The molecule has 110 valence electrons. The van der Waals surface area contributed by atoms with Crippen LogP contribution in [0.1, 0.15) is 18.1 Å². The minimum absolute atomic E-state index is 0.00777. The fourth-order valence-electron chi connectivity index (χ4n) is 2.49. The number of ether oxygens (including phenoxy) is 1. The van der Waals surface area contributed by atoms with E-state index in [-0.39, 0.29) is 5.69 Å². The number of aliphatic hydroxyl groups is 1. The average Bonchev–Trinajstić information content (AvgIpc) is 2.91. The van der Waals surface area contributed by atoms with Crippen molar-refractivity contribution in [3.05, 3.63) is 39.9 Å². The van der Waals surface area contributed by atoms with Crippen LogP contribution in [0, 0.1) is 16.0 Å². The summed E-state index contributed by atoms with van der Waals surface area (Å²) in [5.74, 6) is 0.511. The maximum Gasteiger partial charge on any atom is 0.269 e. The number of likely N-dealkylation sites (N-methyl/N-ethyl adjacent to an activating group) is 1. The van der Waals surface area contributed by atoms with E-state index in [0.29, 0.717) is 18.0 Å². The quantitative estimate of drug-likeness (QED) is 0.632. The molecule has 0 aliphatic carbocycles. The first-order valence-corrected chi connectivity index (χ1v) is 6.75. The van der Waals surface area contributed by atoms with Crippen LogP contribution in [0.3, 0.4) is 0 Å². The Kier molecular flexibility index (Phi) is 5.05. The average molecular weight is 280 g/mol. The van der Waals surface area contributed by atoms with E-state index in [1.54, 1.807) is 12.1 Å². The van der Waals surface area contributed by atoms with Crippen LogP contribution in [-0.2, 0) is 4.74 Å². The molecule has 1 saturated heterocycles. The second-order valence-electron chi connectivity index (χ2n) is 5.32. The van der Waals surface area contributed by atoms with E-state index < -0.39 is 11.0 Å². The fraction of sp³-hybridized carbons (Fsp3) is 0.571. The van der Waals surface area contributed by atoms with Gasteiger partial charge in [-0.1, -0.05) is 12.1 Å². The molecule has 1 aliphatic heterocycles. The van der Waals surface area contributed by atoms with Gasteiger partial charge in [0.25, 0.3) is 5.69 Å². The van der Waals surface area contributed by atoms with E-state index in [4.69, 9.17) is 4.74 Å². The van der Waals surface area contributed by atoms with Crippen molar-refractivity contribution in [1.82, 2.24) is 4.90 Å². The zero-order valence-electron chi connectivity index (χ0n) is 11.6. The molecule has 0 spiro atoms. The highest BCUT2D eigenvalue weighted by Gasteiger charge is 2.20. The predicted molar refractivity (Wildman–Crippen MR) is 74.5 cm³/mol. The lowest BCUT2D eigenvalue weighted by Crippen LogP contribution is -2.30. The van der Waals surface area contributed by atoms with Gasteiger partial charge >= 0.3 is 0 Å². The van der Waals surface area contributed by atoms with Gasteiger partial charge in [-0.3, -0.25) is 10.1 Å². The van der Waals surface area contributed by atoms with Crippen LogP contribution < -0.4 is 0 Å². The summed E-state index contributed by atoms with van der Waals surface area (Å²) < 4.78 is 5.33. The first kappa shape index (κ1) is 14.9. The van der Waals surface area contributed by atoms with Crippen molar-refractivity contribution >= 4 is 5.69 Å². The number of non-ortho nitro benzene ring substituents is 1. The van der Waals surface area contributed by atoms with Crippen molar-refractivity contribution in [3.63, 3.8) is 0 Å². The summed E-state index contributed by atoms with van der Waals surface area (Å²) >= 11 is 0. The van der Waals surface area contributed by atoms with Gasteiger partial charge in [0, 0.05) is 31.8 Å². The third-order valence-corrected chi connectivity index (χ3v) is 3.54. The molecule has 2 unspecified atom stereocenters. The number of aliphatic hydroxyl groups excluding tert-OH is 1. The molecular formula is C14H20N2O4. The minimum Gasteiger partial charge on any atom is -0.387 e. The van der Waals surface area contributed by atoms with Crippen molar-refractivity contribution in [1.29, 1.82) is 0 Å². The summed E-state index contributed by atoms with van der Waals surface area (Å²) in [5.41, 5.74) is 0.585. The molecule has 1 fully saturated rings. The molecule has 1 aromatic carbocycles. The topological polar surface area (TPSA) is 75.8 Å². The van der Waals surface area contributed by atoms with E-state index in [2.05, 4.69) is 0 Å². The summed E-state index contributed by atoms with van der Waals surface area (Å²) in [4.78, 5) is 12.3. The summed E-state index contributed by atoms with van der Waals surface area (Å²) in [6.07, 6.45) is 0.333. The van der Waals surface area contributed by atoms with Crippen molar-refractivity contribution in [2.45, 2.75) is 12.5 Å². The van der Waals surface area contributed by atoms with Gasteiger partial charge < -0.3 is 14.7 Å². The van der Waals surface area contributed by atoms with Gasteiger partial charge in [0.2, 0.25) is 0 Å². The monoisotopic (exact) mass is 280 g/mol. The molecule has 1 heterocycles. The molecule has 1 aromatic rings. The van der Waals surface area contributed by atoms with Gasteiger partial charge in [-0.15, -0.1) is 0 Å². The van der Waals surface area contributed by atoms with Crippen LogP contribution in [-0.4, -0.2) is 48.3 Å². The van der Waals surface area contributed by atoms with Crippen molar-refractivity contribution in [2.75, 3.05) is 33.4 Å². The molecule has 1 aliphatic rings. The zero-order valence-corrected chi connectivity index (χ0v) is 11.6. The Bertz CT molecular complexity index is 460. The molecule has 1 N–H and O–H groups in total. The fourth-order valence-corrected chi connectivity index (χ4v) is 2.49. The molecule has 2 rings (SSSR count). The smallest absolute Gasteiger partial charge is 0.269 e. The molecule has 0 saturated carbocycles. The lowest BCUT2D eigenvalue weighted by molar-refractivity contribution is -0.385. The predicted octanol–water partition coefficient (Wildman–Crippen LogP) is 1.60. The Labute approximate surface area is 118 Å². The van der Waals surface area contributed by atoms with E-state index in [0.717, 1.165) is 26.2 Å². The van der Waals surface area contributed by atoms with Crippen LogP contribution in [0.4, 0.5) is 5.69 Å². The van der Waals surface area contributed by atoms with Gasteiger partial charge in [0.1, 0.15) is 0 Å². The van der Waals surface area contributed by atoms with Crippen LogP contribution in [0.5, 0.6) is 0 Å². The zero-order chi connectivity index (χ0) is 14.5. The molecule has 0 amide bonds. The maximum absolute atomic E-state index is 10.7. The highest BCUT2D eigenvalue weighted by atomic mass is 16.6.